The standard InChI is InChI=1S/C37H39IO9/c1-20(2)35-16-22(4)37-26(33(35)45-36(46-35,47-37)18-23-9-7-6-8-10-23)12-24(17-34(42)30(37)11-21(3)32(34)41)19-44-31(40)14-25-13-29(43-5)28(39)15-27(25)38/h6-13,15,22,26,30,33,39,42H,1,14,16-19H2,2-5H3/t22-,26+,30-,33-,34-,35-,36+,37-/m1/s1. The van der Waals surface area contributed by atoms with Crippen molar-refractivity contribution in [2.75, 3.05) is 13.7 Å². The number of methoxy groups -OCH3 is 1. The summed E-state index contributed by atoms with van der Waals surface area (Å²) in [6.45, 7) is 9.99. The second kappa shape index (κ2) is 11.3. The number of fused-ring (bicyclic) bond motifs is 2. The predicted octanol–water partition coefficient (Wildman–Crippen LogP) is 5.35. The van der Waals surface area contributed by atoms with Crippen LogP contribution in [0.15, 0.2) is 77.9 Å². The van der Waals surface area contributed by atoms with Gasteiger partial charge in [-0.3, -0.25) is 9.59 Å². The Hall–Kier alpha value is -3.03. The van der Waals surface area contributed by atoms with Crippen molar-refractivity contribution in [2.45, 2.75) is 75.3 Å². The number of carbonyl (C=O) groups is 2. The Kier molecular flexibility index (Phi) is 7.79. The van der Waals surface area contributed by atoms with E-state index < -0.39 is 46.7 Å². The molecule has 9 nitrogen and oxygen atoms in total. The van der Waals surface area contributed by atoms with Crippen LogP contribution < -0.4 is 4.74 Å². The monoisotopic (exact) mass is 754 g/mol. The Labute approximate surface area is 287 Å². The third-order valence-electron chi connectivity index (χ3n) is 10.8. The highest BCUT2D eigenvalue weighted by Gasteiger charge is 2.79. The maximum Gasteiger partial charge on any atom is 0.310 e. The summed E-state index contributed by atoms with van der Waals surface area (Å²) in [5.41, 5.74) is -0.221. The van der Waals surface area contributed by atoms with Crippen LogP contribution in [0.1, 0.15) is 44.7 Å². The van der Waals surface area contributed by atoms with Crippen molar-refractivity contribution in [1.29, 1.82) is 0 Å². The van der Waals surface area contributed by atoms with Gasteiger partial charge in [0.2, 0.25) is 0 Å². The molecule has 5 aliphatic rings. The summed E-state index contributed by atoms with van der Waals surface area (Å²) >= 11 is 2.05. The quantitative estimate of drug-likeness (QED) is 0.209. The number of hydrogen-bond donors (Lipinski definition) is 2. The number of rotatable bonds is 8. The topological polar surface area (TPSA) is 121 Å². The van der Waals surface area contributed by atoms with Gasteiger partial charge >= 0.3 is 5.97 Å². The van der Waals surface area contributed by atoms with E-state index in [2.05, 4.69) is 36.1 Å². The van der Waals surface area contributed by atoms with Gasteiger partial charge in [-0.05, 0) is 88.8 Å². The lowest BCUT2D eigenvalue weighted by Crippen LogP contribution is -2.70. The van der Waals surface area contributed by atoms with Crippen molar-refractivity contribution < 1.29 is 43.5 Å². The van der Waals surface area contributed by atoms with Crippen LogP contribution in [0.2, 0.25) is 0 Å². The number of aromatic hydroxyl groups is 1. The third-order valence-corrected chi connectivity index (χ3v) is 11.8. The zero-order valence-electron chi connectivity index (χ0n) is 26.9. The van der Waals surface area contributed by atoms with Crippen LogP contribution >= 0.6 is 22.6 Å². The van der Waals surface area contributed by atoms with Crippen LogP contribution in [0.5, 0.6) is 11.5 Å². The second-order valence-electron chi connectivity index (χ2n) is 13.8. The molecule has 0 amide bonds. The first-order valence-electron chi connectivity index (χ1n) is 15.9. The Balaban J connectivity index is 1.27. The molecule has 2 saturated heterocycles. The average molecular weight is 755 g/mol. The number of phenolic OH excluding ortho intramolecular Hbond substituents is 1. The van der Waals surface area contributed by atoms with E-state index in [1.54, 1.807) is 13.0 Å². The SMILES string of the molecule is C=C(C)[C@]12C[C@@H](C)[C@@]34O[C@@](Cc5ccccc5)(O[C@@H]1[C@@H]3C=C(COC(=O)Cc1cc(OC)c(O)cc1I)C[C@]1(O)C(=O)C(C)=C[C@@H]41)O2. The molecule has 1 saturated carbocycles. The molecule has 0 radical (unpaired) electrons. The van der Waals surface area contributed by atoms with E-state index in [-0.39, 0.29) is 42.6 Å². The van der Waals surface area contributed by atoms with Crippen LogP contribution in [0, 0.1) is 21.3 Å². The molecule has 3 aliphatic carbocycles. The highest BCUT2D eigenvalue weighted by molar-refractivity contribution is 14.1. The highest BCUT2D eigenvalue weighted by Crippen LogP contribution is 2.68. The number of benzene rings is 2. The Bertz CT molecular complexity index is 1730. The van der Waals surface area contributed by atoms with E-state index in [1.165, 1.54) is 13.2 Å². The number of esters is 1. The largest absolute Gasteiger partial charge is 0.504 e. The molecule has 248 valence electrons. The zero-order chi connectivity index (χ0) is 33.5. The molecule has 47 heavy (non-hydrogen) atoms. The zero-order valence-corrected chi connectivity index (χ0v) is 29.0. The molecule has 2 heterocycles. The summed E-state index contributed by atoms with van der Waals surface area (Å²) in [6, 6.07) is 13.0. The van der Waals surface area contributed by atoms with Crippen LogP contribution in [0.25, 0.3) is 0 Å². The minimum Gasteiger partial charge on any atom is -0.504 e. The molecule has 2 aliphatic heterocycles. The van der Waals surface area contributed by atoms with Crippen molar-refractivity contribution in [3.8, 4) is 11.5 Å². The van der Waals surface area contributed by atoms with Crippen molar-refractivity contribution in [2.24, 2.45) is 17.8 Å². The van der Waals surface area contributed by atoms with Gasteiger partial charge in [0.15, 0.2) is 17.3 Å². The molecule has 3 bridgehead atoms. The summed E-state index contributed by atoms with van der Waals surface area (Å²) in [7, 11) is 1.44. The smallest absolute Gasteiger partial charge is 0.310 e. The van der Waals surface area contributed by atoms with E-state index in [4.69, 9.17) is 23.7 Å². The molecule has 8 atom stereocenters. The van der Waals surface area contributed by atoms with Gasteiger partial charge in [0.25, 0.3) is 5.97 Å². The summed E-state index contributed by atoms with van der Waals surface area (Å²) in [4.78, 5) is 27.0. The van der Waals surface area contributed by atoms with Gasteiger partial charge in [-0.2, -0.15) is 0 Å². The molecule has 0 unspecified atom stereocenters. The second-order valence-corrected chi connectivity index (χ2v) is 14.9. The van der Waals surface area contributed by atoms with Crippen LogP contribution in [0.4, 0.5) is 0 Å². The average Bonchev–Trinajstić information content (AvgIpc) is 3.33. The van der Waals surface area contributed by atoms with Gasteiger partial charge < -0.3 is 33.9 Å². The molecule has 3 fully saturated rings. The van der Waals surface area contributed by atoms with Crippen LogP contribution in [0.3, 0.4) is 0 Å². The number of aliphatic hydroxyl groups is 1. The number of carbonyl (C=O) groups excluding carboxylic acids is 2. The summed E-state index contributed by atoms with van der Waals surface area (Å²) < 4.78 is 32.6. The predicted molar refractivity (Wildman–Crippen MR) is 179 cm³/mol. The molecule has 2 aromatic rings. The maximum atomic E-state index is 13.8. The number of halogens is 1. The van der Waals surface area contributed by atoms with E-state index in [9.17, 15) is 19.8 Å². The molecular formula is C37H39IO9. The molecule has 10 heteroatoms. The third kappa shape index (κ3) is 4.85. The van der Waals surface area contributed by atoms with E-state index >= 15 is 0 Å². The van der Waals surface area contributed by atoms with Crippen LogP contribution in [-0.2, 0) is 41.4 Å². The molecule has 2 aromatic carbocycles. The normalized spacial score (nSPS) is 36.6. The van der Waals surface area contributed by atoms with Gasteiger partial charge in [0, 0.05) is 21.8 Å². The van der Waals surface area contributed by atoms with E-state index in [1.807, 2.05) is 49.4 Å². The number of phenols is 1. The molecule has 0 aromatic heterocycles. The molecule has 2 N–H and O–H groups in total. The van der Waals surface area contributed by atoms with Crippen molar-refractivity contribution in [1.82, 2.24) is 0 Å². The van der Waals surface area contributed by atoms with Gasteiger partial charge in [-0.15, -0.1) is 0 Å². The summed E-state index contributed by atoms with van der Waals surface area (Å²) in [6.07, 6.45) is 4.13. The Morgan fingerprint density at radius 3 is 2.62 bits per heavy atom. The number of Topliss-reactive ketones (excluding diaryl/α,β-unsaturated/α-hetero) is 1. The van der Waals surface area contributed by atoms with Crippen molar-refractivity contribution >= 4 is 34.3 Å². The lowest BCUT2D eigenvalue weighted by atomic mass is 9.55. The first-order valence-corrected chi connectivity index (χ1v) is 17.0. The Morgan fingerprint density at radius 2 is 1.91 bits per heavy atom. The van der Waals surface area contributed by atoms with Gasteiger partial charge in [-0.25, -0.2) is 0 Å². The van der Waals surface area contributed by atoms with Gasteiger partial charge in [-0.1, -0.05) is 56.0 Å². The van der Waals surface area contributed by atoms with E-state index in [0.29, 0.717) is 33.1 Å². The summed E-state index contributed by atoms with van der Waals surface area (Å²) in [5, 5.41) is 22.5. The summed E-state index contributed by atoms with van der Waals surface area (Å²) in [5.74, 6) is -3.37. The van der Waals surface area contributed by atoms with Gasteiger partial charge in [0.1, 0.15) is 23.9 Å². The lowest BCUT2D eigenvalue weighted by molar-refractivity contribution is -0.421. The fraction of sp³-hybridized carbons (Fsp3) is 0.459. The molecular weight excluding hydrogens is 715 g/mol. The lowest BCUT2D eigenvalue weighted by Gasteiger charge is -2.59. The minimum absolute atomic E-state index is 0.0175. The van der Waals surface area contributed by atoms with Gasteiger partial charge in [0.05, 0.1) is 25.6 Å². The Morgan fingerprint density at radius 1 is 1.17 bits per heavy atom. The van der Waals surface area contributed by atoms with E-state index in [0.717, 1.165) is 11.1 Å². The number of ketones is 1. The fourth-order valence-corrected chi connectivity index (χ4v) is 9.39. The minimum atomic E-state index is -1.81. The number of hydrogen-bond acceptors (Lipinski definition) is 9. The highest BCUT2D eigenvalue weighted by atomic mass is 127. The van der Waals surface area contributed by atoms with Crippen molar-refractivity contribution in [3.05, 3.63) is 92.6 Å². The first kappa shape index (κ1) is 32.5. The van der Waals surface area contributed by atoms with Crippen LogP contribution in [-0.4, -0.2) is 64.6 Å². The first-order chi connectivity index (χ1) is 22.3. The fourth-order valence-electron chi connectivity index (χ4n) is 8.75. The van der Waals surface area contributed by atoms with Crippen molar-refractivity contribution in [3.63, 3.8) is 0 Å². The molecule has 7 rings (SSSR count). The maximum absolute atomic E-state index is 13.8. The molecule has 0 spiro atoms. The number of ether oxygens (including phenoxy) is 5.